The van der Waals surface area contributed by atoms with Gasteiger partial charge in [0, 0.05) is 11.8 Å². The summed E-state index contributed by atoms with van der Waals surface area (Å²) in [6.07, 6.45) is -2.77. The summed E-state index contributed by atoms with van der Waals surface area (Å²) in [5.41, 5.74) is 0.513. The highest BCUT2D eigenvalue weighted by molar-refractivity contribution is 6.00. The second kappa shape index (κ2) is 22.9. The number of Topliss-reactive ketones (excluding diaryl/α,β-unsaturated/α-hetero) is 1. The highest BCUT2D eigenvalue weighted by atomic mass is 19.1. The Kier molecular flexibility index (Phi) is 18.2. The average molecular weight is 857 g/mol. The van der Waals surface area contributed by atoms with Crippen molar-refractivity contribution in [3.05, 3.63) is 71.9 Å². The summed E-state index contributed by atoms with van der Waals surface area (Å²) >= 11 is 0. The van der Waals surface area contributed by atoms with Gasteiger partial charge in [0.05, 0.1) is 32.6 Å². The van der Waals surface area contributed by atoms with Gasteiger partial charge in [-0.1, -0.05) is 44.2 Å². The van der Waals surface area contributed by atoms with Gasteiger partial charge in [0.2, 0.25) is 23.6 Å². The summed E-state index contributed by atoms with van der Waals surface area (Å²) < 4.78 is 42.3. The number of pyridine rings is 1. The van der Waals surface area contributed by atoms with Crippen LogP contribution in [0.4, 0.5) is 8.78 Å². The standard InChI is InChI=1S/C40H46F2N6O13/c1-20(2)34(48-38(56)26-14-13-22-9-6-7-12-25(22)44-26)40(58)47-29(18-33(53)60-5)39(57)45-27(15-16-31(50)51)37(55)43-21(3)36(54)46-28(17-32(52)59-4)30(49)19-61-35-23(41)10-8-11-24(35)42/h6-14,20-21,27-29,34H,15-19H2,1-5H3,(H,43,55)(H,45,57)(H,46,54)(H,47,58)(H,48,56)(H,50,51)/t21-,27-,28?,29?,34?/m0/s1. The molecule has 61 heavy (non-hydrogen) atoms. The van der Waals surface area contributed by atoms with E-state index in [1.54, 1.807) is 44.2 Å². The van der Waals surface area contributed by atoms with Crippen molar-refractivity contribution in [2.75, 3.05) is 20.8 Å². The largest absolute Gasteiger partial charge is 0.481 e. The number of carbonyl (C=O) groups excluding carboxylic acids is 8. The summed E-state index contributed by atoms with van der Waals surface area (Å²) in [4.78, 5) is 120. The molecule has 0 aliphatic heterocycles. The third-order valence-corrected chi connectivity index (χ3v) is 8.91. The highest BCUT2D eigenvalue weighted by Crippen LogP contribution is 2.21. The van der Waals surface area contributed by atoms with Crippen molar-refractivity contribution in [2.24, 2.45) is 5.92 Å². The lowest BCUT2D eigenvalue weighted by atomic mass is 10.0. The van der Waals surface area contributed by atoms with E-state index in [0.717, 1.165) is 44.7 Å². The Labute approximate surface area is 347 Å². The van der Waals surface area contributed by atoms with Gasteiger partial charge >= 0.3 is 17.9 Å². The Morgan fingerprint density at radius 3 is 1.85 bits per heavy atom. The molecular weight excluding hydrogens is 810 g/mol. The molecule has 0 bridgehead atoms. The number of carbonyl (C=O) groups is 9. The smallest absolute Gasteiger partial charge is 0.308 e. The number of hydrogen-bond acceptors (Lipinski definition) is 13. The number of halogens is 2. The second-order valence-electron chi connectivity index (χ2n) is 13.8. The van der Waals surface area contributed by atoms with Gasteiger partial charge in [-0.2, -0.15) is 0 Å². The minimum atomic E-state index is -1.73. The SMILES string of the molecule is COC(=O)CC(NC(=O)[C@H](C)NC(=O)[C@H](CCC(=O)O)NC(=O)C(CC(=O)OC)NC(=O)C(NC(=O)c1ccc2ccccc2n1)C(C)C)C(=O)COc1c(F)cccc1F. The first-order valence-electron chi connectivity index (χ1n) is 18.7. The van der Waals surface area contributed by atoms with Crippen LogP contribution in [0.15, 0.2) is 54.6 Å². The van der Waals surface area contributed by atoms with Gasteiger partial charge in [-0.15, -0.1) is 0 Å². The third kappa shape index (κ3) is 14.6. The fourth-order valence-corrected chi connectivity index (χ4v) is 5.51. The van der Waals surface area contributed by atoms with E-state index in [1.807, 2.05) is 0 Å². The van der Waals surface area contributed by atoms with Crippen LogP contribution in [0.2, 0.25) is 0 Å². The van der Waals surface area contributed by atoms with Crippen molar-refractivity contribution in [2.45, 2.75) is 76.7 Å². The number of esters is 2. The summed E-state index contributed by atoms with van der Waals surface area (Å²) in [6, 6.07) is 5.03. The van der Waals surface area contributed by atoms with Gasteiger partial charge in [-0.25, -0.2) is 13.8 Å². The van der Waals surface area contributed by atoms with E-state index >= 15 is 0 Å². The molecule has 0 aliphatic rings. The summed E-state index contributed by atoms with van der Waals surface area (Å²) in [7, 11) is 2.01. The van der Waals surface area contributed by atoms with Crippen molar-refractivity contribution >= 4 is 64.1 Å². The number of benzene rings is 2. The summed E-state index contributed by atoms with van der Waals surface area (Å²) in [6.45, 7) is 3.35. The molecule has 3 aromatic rings. The Morgan fingerprint density at radius 1 is 0.672 bits per heavy atom. The van der Waals surface area contributed by atoms with Crippen LogP contribution in [0.25, 0.3) is 10.9 Å². The number of nitrogens with zero attached hydrogens (tertiary/aromatic N) is 1. The number of fused-ring (bicyclic) bond motifs is 1. The molecule has 0 radical (unpaired) electrons. The number of aromatic nitrogens is 1. The lowest BCUT2D eigenvalue weighted by molar-refractivity contribution is -0.144. The molecule has 328 valence electrons. The van der Waals surface area contributed by atoms with Gasteiger partial charge < -0.3 is 45.9 Å². The quantitative estimate of drug-likeness (QED) is 0.0766. The van der Waals surface area contributed by atoms with E-state index in [1.165, 1.54) is 6.07 Å². The van der Waals surface area contributed by atoms with Crippen LogP contribution in [0, 0.1) is 17.6 Å². The number of ketones is 1. The van der Waals surface area contributed by atoms with Gasteiger partial charge in [0.1, 0.15) is 42.5 Å². The zero-order valence-electron chi connectivity index (χ0n) is 33.7. The number of amides is 5. The molecule has 3 unspecified atom stereocenters. The van der Waals surface area contributed by atoms with Crippen LogP contribution in [-0.2, 0) is 47.8 Å². The molecule has 5 atom stereocenters. The molecule has 0 saturated carbocycles. The molecule has 1 heterocycles. The number of carboxylic acid groups (broad SMARTS) is 1. The van der Waals surface area contributed by atoms with Gasteiger partial charge in [-0.05, 0) is 43.5 Å². The number of methoxy groups -OCH3 is 2. The highest BCUT2D eigenvalue weighted by Gasteiger charge is 2.34. The minimum absolute atomic E-state index is 0.00720. The van der Waals surface area contributed by atoms with Crippen LogP contribution >= 0.6 is 0 Å². The van der Waals surface area contributed by atoms with Crippen molar-refractivity contribution in [3.8, 4) is 5.75 Å². The van der Waals surface area contributed by atoms with E-state index in [2.05, 4.69) is 41.0 Å². The zero-order valence-corrected chi connectivity index (χ0v) is 33.7. The zero-order chi connectivity index (χ0) is 45.4. The monoisotopic (exact) mass is 856 g/mol. The lowest BCUT2D eigenvalue weighted by Gasteiger charge is -2.27. The molecule has 21 heteroatoms. The van der Waals surface area contributed by atoms with E-state index in [9.17, 15) is 57.0 Å². The molecule has 1 aromatic heterocycles. The maximum absolute atomic E-state index is 14.0. The van der Waals surface area contributed by atoms with Crippen LogP contribution in [0.5, 0.6) is 5.75 Å². The summed E-state index contributed by atoms with van der Waals surface area (Å²) in [5.74, 6) is -13.0. The Hall–Kier alpha value is -7.06. The van der Waals surface area contributed by atoms with Crippen LogP contribution < -0.4 is 31.3 Å². The molecule has 19 nitrogen and oxygen atoms in total. The molecular formula is C40H46F2N6O13. The predicted octanol–water partition coefficient (Wildman–Crippen LogP) is 0.866. The first kappa shape index (κ1) is 48.3. The topological polar surface area (TPSA) is 275 Å². The molecule has 3 rings (SSSR count). The predicted molar refractivity (Wildman–Crippen MR) is 208 cm³/mol. The summed E-state index contributed by atoms with van der Waals surface area (Å²) in [5, 5.41) is 21.8. The lowest BCUT2D eigenvalue weighted by Crippen LogP contribution is -2.59. The second-order valence-corrected chi connectivity index (χ2v) is 13.8. The van der Waals surface area contributed by atoms with Crippen molar-refractivity contribution < 1.29 is 71.2 Å². The first-order chi connectivity index (χ1) is 28.8. The molecule has 0 saturated heterocycles. The molecule has 5 amide bonds. The van der Waals surface area contributed by atoms with Crippen LogP contribution in [0.3, 0.4) is 0 Å². The number of rotatable bonds is 22. The van der Waals surface area contributed by atoms with Crippen LogP contribution in [-0.4, -0.2) is 114 Å². The van der Waals surface area contributed by atoms with Crippen molar-refractivity contribution in [1.82, 2.24) is 31.6 Å². The van der Waals surface area contributed by atoms with E-state index in [-0.39, 0.29) is 5.69 Å². The number of aliphatic carboxylic acids is 1. The number of para-hydroxylation sites is 2. The Bertz CT molecular complexity index is 2110. The normalized spacial score (nSPS) is 13.3. The maximum atomic E-state index is 14.0. The molecule has 2 aromatic carbocycles. The molecule has 6 N–H and O–H groups in total. The number of carboxylic acids is 1. The molecule has 0 spiro atoms. The van der Waals surface area contributed by atoms with Crippen molar-refractivity contribution in [1.29, 1.82) is 0 Å². The Morgan fingerprint density at radius 2 is 1.25 bits per heavy atom. The fraction of sp³-hybridized carbons (Fsp3) is 0.400. The van der Waals surface area contributed by atoms with Gasteiger partial charge in [0.15, 0.2) is 23.2 Å². The fourth-order valence-electron chi connectivity index (χ4n) is 5.51. The third-order valence-electron chi connectivity index (χ3n) is 8.91. The van der Waals surface area contributed by atoms with Crippen molar-refractivity contribution in [3.63, 3.8) is 0 Å². The Balaban J connectivity index is 1.75. The molecule has 0 aliphatic carbocycles. The number of ether oxygens (including phenoxy) is 3. The first-order valence-corrected chi connectivity index (χ1v) is 18.7. The van der Waals surface area contributed by atoms with E-state index in [0.29, 0.717) is 5.52 Å². The maximum Gasteiger partial charge on any atom is 0.308 e. The number of nitrogens with one attached hydrogen (secondary N) is 5. The van der Waals surface area contributed by atoms with Gasteiger partial charge in [0.25, 0.3) is 5.91 Å². The number of hydrogen-bond donors (Lipinski definition) is 6. The minimum Gasteiger partial charge on any atom is -0.481 e. The van der Waals surface area contributed by atoms with E-state index in [4.69, 9.17) is 4.74 Å². The van der Waals surface area contributed by atoms with Gasteiger partial charge in [-0.3, -0.25) is 43.2 Å². The molecule has 0 fully saturated rings. The van der Waals surface area contributed by atoms with E-state index < -0.39 is 139 Å². The van der Waals surface area contributed by atoms with Crippen LogP contribution in [0.1, 0.15) is 56.9 Å². The average Bonchev–Trinajstić information content (AvgIpc) is 3.22.